The molecule has 208 valence electrons. The Bertz CT molecular complexity index is 1280. The maximum atomic E-state index is 14.5. The largest absolute Gasteiger partial charge is 0.371 e. The lowest BCUT2D eigenvalue weighted by Crippen LogP contribution is -2.69. The van der Waals surface area contributed by atoms with Crippen molar-refractivity contribution in [2.45, 2.75) is 76.0 Å². The Kier molecular flexibility index (Phi) is 5.73. The van der Waals surface area contributed by atoms with Crippen molar-refractivity contribution in [2.75, 3.05) is 31.6 Å². The van der Waals surface area contributed by atoms with Gasteiger partial charge in [-0.05, 0) is 30.9 Å². The van der Waals surface area contributed by atoms with Crippen LogP contribution in [-0.2, 0) is 16.6 Å². The molecule has 5 fully saturated rings. The van der Waals surface area contributed by atoms with E-state index in [2.05, 4.69) is 34.4 Å². The van der Waals surface area contributed by atoms with E-state index in [1.165, 1.54) is 19.3 Å². The number of piperidine rings is 1. The number of anilines is 1. The molecular weight excluding hydrogens is 492 g/mol. The third-order valence-electron chi connectivity index (χ3n) is 11.1. The first kappa shape index (κ1) is 25.2. The highest BCUT2D eigenvalue weighted by Gasteiger charge is 2.75. The van der Waals surface area contributed by atoms with Gasteiger partial charge in [-0.15, -0.1) is 0 Å². The fourth-order valence-electron chi connectivity index (χ4n) is 8.55. The first-order chi connectivity index (χ1) is 18.8. The maximum Gasteiger partial charge on any atom is 0.341 e. The van der Waals surface area contributed by atoms with Gasteiger partial charge in [-0.3, -0.25) is 9.48 Å². The van der Waals surface area contributed by atoms with Gasteiger partial charge in [-0.1, -0.05) is 39.0 Å². The number of rotatable bonds is 5. The Morgan fingerprint density at radius 3 is 2.62 bits per heavy atom. The van der Waals surface area contributed by atoms with Crippen LogP contribution in [0.15, 0.2) is 30.6 Å². The minimum absolute atomic E-state index is 0.00981. The van der Waals surface area contributed by atoms with E-state index in [0.29, 0.717) is 11.6 Å². The number of likely N-dealkylation sites (tertiary alicyclic amines) is 1. The highest BCUT2D eigenvalue weighted by molar-refractivity contribution is 6.01. The van der Waals surface area contributed by atoms with Crippen LogP contribution in [0.4, 0.5) is 11.5 Å². The fourth-order valence-corrected chi connectivity index (χ4v) is 8.55. The van der Waals surface area contributed by atoms with Gasteiger partial charge in [0.2, 0.25) is 0 Å². The Morgan fingerprint density at radius 2 is 1.97 bits per heavy atom. The number of morpholine rings is 1. The number of pyridine rings is 1. The molecule has 9 nitrogen and oxygen atoms in total. The third kappa shape index (κ3) is 3.79. The maximum absolute atomic E-state index is 14.5. The second-order valence-electron chi connectivity index (χ2n) is 13.2. The highest BCUT2D eigenvalue weighted by atomic mass is 16.5. The predicted molar refractivity (Wildman–Crippen MR) is 148 cm³/mol. The first-order valence-electron chi connectivity index (χ1n) is 14.8. The first-order valence-corrected chi connectivity index (χ1v) is 14.8. The number of nitrogens with one attached hydrogen (secondary N) is 1. The molecule has 2 aromatic rings. The summed E-state index contributed by atoms with van der Waals surface area (Å²) in [7, 11) is 3.80. The number of carbonyl (C=O) groups excluding carboxylic acids is 2. The molecule has 1 spiro atoms. The normalized spacial score (nSPS) is 35.5. The molecule has 4 heterocycles. The van der Waals surface area contributed by atoms with Crippen LogP contribution in [-0.4, -0.2) is 71.0 Å². The molecule has 0 radical (unpaired) electrons. The SMILES string of the molecule is Cn1nccc1C(=O)N[C@@H]1C(=O)[N+](C)(c2ccc(N3CCOC4(CCCC4)C3)nc2)C2CC2(C)C1C1CCC1. The van der Waals surface area contributed by atoms with E-state index >= 15 is 0 Å². The number of aromatic nitrogens is 3. The molecule has 2 amide bonds. The van der Waals surface area contributed by atoms with Crippen LogP contribution < -0.4 is 14.7 Å². The molecule has 5 aliphatic rings. The average Bonchev–Trinajstić information content (AvgIpc) is 3.20. The van der Waals surface area contributed by atoms with Gasteiger partial charge in [-0.25, -0.2) is 14.3 Å². The quantitative estimate of drug-likeness (QED) is 0.593. The lowest BCUT2D eigenvalue weighted by Gasteiger charge is -2.49. The van der Waals surface area contributed by atoms with Gasteiger partial charge in [0, 0.05) is 50.2 Å². The lowest BCUT2D eigenvalue weighted by atomic mass is 9.64. The van der Waals surface area contributed by atoms with E-state index in [4.69, 9.17) is 9.72 Å². The van der Waals surface area contributed by atoms with Crippen molar-refractivity contribution in [3.63, 3.8) is 0 Å². The summed E-state index contributed by atoms with van der Waals surface area (Å²) in [6.45, 7) is 4.79. The number of fused-ring (bicyclic) bond motifs is 1. The average molecular weight is 534 g/mol. The number of likely N-dealkylation sites (N-methyl/N-ethyl adjacent to an activating group) is 1. The summed E-state index contributed by atoms with van der Waals surface area (Å²) < 4.78 is 7.98. The number of aryl methyl sites for hydroxylation is 1. The van der Waals surface area contributed by atoms with Crippen LogP contribution in [0.25, 0.3) is 0 Å². The summed E-state index contributed by atoms with van der Waals surface area (Å²) >= 11 is 0. The fraction of sp³-hybridized carbons (Fsp3) is 0.667. The van der Waals surface area contributed by atoms with Gasteiger partial charge < -0.3 is 15.0 Å². The second kappa shape index (κ2) is 8.86. The van der Waals surface area contributed by atoms with Crippen LogP contribution in [0.3, 0.4) is 0 Å². The zero-order valence-corrected chi connectivity index (χ0v) is 23.4. The van der Waals surface area contributed by atoms with E-state index in [1.54, 1.807) is 24.0 Å². The Labute approximate surface area is 230 Å². The molecule has 2 aliphatic heterocycles. The van der Waals surface area contributed by atoms with Gasteiger partial charge in [0.1, 0.15) is 23.6 Å². The Morgan fingerprint density at radius 1 is 1.18 bits per heavy atom. The number of nitrogens with zero attached hydrogens (tertiary/aromatic N) is 5. The van der Waals surface area contributed by atoms with Crippen molar-refractivity contribution in [1.82, 2.24) is 24.6 Å². The number of amides is 2. The van der Waals surface area contributed by atoms with Crippen LogP contribution in [0.5, 0.6) is 0 Å². The molecular formula is C30H41N6O3+. The molecule has 5 atom stereocenters. The highest BCUT2D eigenvalue weighted by Crippen LogP contribution is 2.65. The molecule has 39 heavy (non-hydrogen) atoms. The predicted octanol–water partition coefficient (Wildman–Crippen LogP) is 3.44. The van der Waals surface area contributed by atoms with Crippen molar-refractivity contribution >= 4 is 23.3 Å². The van der Waals surface area contributed by atoms with E-state index in [-0.39, 0.29) is 39.3 Å². The van der Waals surface area contributed by atoms with E-state index in [1.807, 2.05) is 13.2 Å². The van der Waals surface area contributed by atoms with E-state index in [0.717, 1.165) is 63.3 Å². The van der Waals surface area contributed by atoms with Gasteiger partial charge >= 0.3 is 5.91 Å². The standard InChI is InChI=1S/C30H40N6O3/c1-29-17-23(29)36(3,21-9-10-24(31-18-21)35-15-16-39-30(19-35)12-4-5-13-30)28(38)26(25(29)20-7-6-8-20)33-27(37)22-11-14-32-34(22)2/h9-11,14,18,20,23,25-26H,4-8,12-13,15-17,19H2,1-3H3/p+1/t23?,25?,26-,29?,36?/m0/s1. The number of ether oxygens (including phenoxy) is 1. The molecule has 4 unspecified atom stereocenters. The summed E-state index contributed by atoms with van der Waals surface area (Å²) in [5.74, 6) is 1.45. The monoisotopic (exact) mass is 533 g/mol. The summed E-state index contributed by atoms with van der Waals surface area (Å²) in [5, 5.41) is 7.36. The summed E-state index contributed by atoms with van der Waals surface area (Å²) in [5.41, 5.74) is 1.37. The molecule has 9 heteroatoms. The molecule has 0 aromatic carbocycles. The van der Waals surface area contributed by atoms with Crippen LogP contribution in [0.2, 0.25) is 0 Å². The summed E-state index contributed by atoms with van der Waals surface area (Å²) in [6.07, 6.45) is 12.7. The Hall–Kier alpha value is -2.78. The van der Waals surface area contributed by atoms with Crippen LogP contribution >= 0.6 is 0 Å². The summed E-state index contributed by atoms with van der Waals surface area (Å²) in [6, 6.07) is 5.56. The molecule has 0 bridgehead atoms. The van der Waals surface area contributed by atoms with Gasteiger partial charge in [0.25, 0.3) is 5.91 Å². The number of carbonyl (C=O) groups is 2. The van der Waals surface area contributed by atoms with Gasteiger partial charge in [0.15, 0.2) is 5.69 Å². The molecule has 2 aromatic heterocycles. The molecule has 3 saturated carbocycles. The zero-order chi connectivity index (χ0) is 27.0. The number of hydrogen-bond acceptors (Lipinski definition) is 6. The van der Waals surface area contributed by atoms with E-state index < -0.39 is 6.04 Å². The number of quaternary nitrogens is 1. The van der Waals surface area contributed by atoms with E-state index in [9.17, 15) is 9.59 Å². The van der Waals surface area contributed by atoms with Crippen molar-refractivity contribution < 1.29 is 14.3 Å². The number of hydrogen-bond donors (Lipinski definition) is 1. The molecule has 1 N–H and O–H groups in total. The molecule has 2 saturated heterocycles. The lowest BCUT2D eigenvalue weighted by molar-refractivity contribution is -0.140. The summed E-state index contributed by atoms with van der Waals surface area (Å²) in [4.78, 5) is 35.1. The minimum atomic E-state index is -0.535. The van der Waals surface area contributed by atoms with Crippen molar-refractivity contribution in [2.24, 2.45) is 24.3 Å². The molecule has 7 rings (SSSR count). The Balaban J connectivity index is 1.18. The van der Waals surface area contributed by atoms with Crippen molar-refractivity contribution in [3.8, 4) is 0 Å². The smallest absolute Gasteiger partial charge is 0.341 e. The topological polar surface area (TPSA) is 89.4 Å². The van der Waals surface area contributed by atoms with Gasteiger partial charge in [-0.2, -0.15) is 5.10 Å². The molecule has 3 aliphatic carbocycles. The third-order valence-corrected chi connectivity index (χ3v) is 11.1. The van der Waals surface area contributed by atoms with Gasteiger partial charge in [0.05, 0.1) is 25.5 Å². The van der Waals surface area contributed by atoms with Crippen LogP contribution in [0, 0.1) is 17.3 Å². The van der Waals surface area contributed by atoms with Crippen molar-refractivity contribution in [1.29, 1.82) is 0 Å². The zero-order valence-electron chi connectivity index (χ0n) is 23.4. The van der Waals surface area contributed by atoms with Crippen LogP contribution in [0.1, 0.15) is 68.8 Å². The minimum Gasteiger partial charge on any atom is -0.371 e. The van der Waals surface area contributed by atoms with Crippen molar-refractivity contribution in [3.05, 3.63) is 36.3 Å². The second-order valence-corrected chi connectivity index (χ2v) is 13.2.